The number of benzene rings is 1. The molecule has 0 amide bonds. The van der Waals surface area contributed by atoms with Gasteiger partial charge in [-0.1, -0.05) is 37.0 Å². The van der Waals surface area contributed by atoms with Gasteiger partial charge in [0.15, 0.2) is 0 Å². The van der Waals surface area contributed by atoms with E-state index in [1.54, 1.807) is 12.1 Å². The molecule has 24 heavy (non-hydrogen) atoms. The van der Waals surface area contributed by atoms with Gasteiger partial charge in [-0.3, -0.25) is 0 Å². The predicted octanol–water partition coefficient (Wildman–Crippen LogP) is 4.99. The highest BCUT2D eigenvalue weighted by Crippen LogP contribution is 2.25. The van der Waals surface area contributed by atoms with Crippen molar-refractivity contribution < 1.29 is 4.74 Å². The first-order valence-corrected chi connectivity index (χ1v) is 9.18. The van der Waals surface area contributed by atoms with Crippen molar-refractivity contribution in [3.63, 3.8) is 0 Å². The third-order valence-electron chi connectivity index (χ3n) is 4.03. The summed E-state index contributed by atoms with van der Waals surface area (Å²) in [6.07, 6.45) is 2.16. The fourth-order valence-electron chi connectivity index (χ4n) is 2.55. The van der Waals surface area contributed by atoms with Gasteiger partial charge in [0.1, 0.15) is 0 Å². The molecule has 0 saturated heterocycles. The molecule has 0 bridgehead atoms. The van der Waals surface area contributed by atoms with Gasteiger partial charge < -0.3 is 9.64 Å². The van der Waals surface area contributed by atoms with Crippen molar-refractivity contribution in [2.45, 2.75) is 33.6 Å². The van der Waals surface area contributed by atoms with Crippen LogP contribution in [0.15, 0.2) is 24.3 Å². The minimum absolute atomic E-state index is 0.517. The van der Waals surface area contributed by atoms with E-state index in [0.717, 1.165) is 43.9 Å². The van der Waals surface area contributed by atoms with Gasteiger partial charge in [-0.05, 0) is 57.6 Å². The quantitative estimate of drug-likeness (QED) is 0.583. The van der Waals surface area contributed by atoms with E-state index in [-0.39, 0.29) is 0 Å². The first kappa shape index (κ1) is 19.1. The van der Waals surface area contributed by atoms with Crippen LogP contribution < -0.4 is 4.74 Å². The van der Waals surface area contributed by atoms with Crippen LogP contribution in [0.25, 0.3) is 5.69 Å². The van der Waals surface area contributed by atoms with E-state index < -0.39 is 0 Å². The van der Waals surface area contributed by atoms with Gasteiger partial charge >= 0.3 is 0 Å². The van der Waals surface area contributed by atoms with Crippen molar-refractivity contribution in [2.75, 3.05) is 26.2 Å². The van der Waals surface area contributed by atoms with Crippen molar-refractivity contribution in [3.8, 4) is 11.6 Å². The number of unbranched alkanes of at least 4 members (excludes halogenated alkanes) is 1. The van der Waals surface area contributed by atoms with E-state index in [0.29, 0.717) is 22.5 Å². The Morgan fingerprint density at radius 3 is 2.50 bits per heavy atom. The zero-order valence-electron chi connectivity index (χ0n) is 14.6. The summed E-state index contributed by atoms with van der Waals surface area (Å²) < 4.78 is 7.60. The lowest BCUT2D eigenvalue weighted by Gasteiger charge is -2.17. The second kappa shape index (κ2) is 9.30. The summed E-state index contributed by atoms with van der Waals surface area (Å²) >= 11 is 12.0. The summed E-state index contributed by atoms with van der Waals surface area (Å²) in [5, 5.41) is 5.55. The topological polar surface area (TPSA) is 30.3 Å². The third-order valence-corrected chi connectivity index (χ3v) is 4.76. The Hall–Kier alpha value is -1.23. The van der Waals surface area contributed by atoms with Gasteiger partial charge in [0, 0.05) is 11.8 Å². The average molecular weight is 370 g/mol. The number of nitrogens with zero attached hydrogens (tertiary/aromatic N) is 3. The molecule has 0 spiro atoms. The lowest BCUT2D eigenvalue weighted by molar-refractivity contribution is 0.260. The van der Waals surface area contributed by atoms with Crippen molar-refractivity contribution in [1.82, 2.24) is 14.7 Å². The molecule has 0 aliphatic heterocycles. The number of aryl methyl sites for hydroxylation is 1. The molecule has 0 saturated carbocycles. The van der Waals surface area contributed by atoms with Gasteiger partial charge in [0.25, 0.3) is 0 Å². The number of halogens is 2. The van der Waals surface area contributed by atoms with Crippen LogP contribution in [0, 0.1) is 6.92 Å². The van der Waals surface area contributed by atoms with Crippen LogP contribution in [-0.4, -0.2) is 40.9 Å². The SMILES string of the molecule is CCN(CC)CCCCOc1cc(C)n(-c2ccc(Cl)c(Cl)c2)n1. The van der Waals surface area contributed by atoms with Crippen LogP contribution in [0.3, 0.4) is 0 Å². The molecule has 132 valence electrons. The van der Waals surface area contributed by atoms with Crippen LogP contribution >= 0.6 is 23.2 Å². The number of hydrogen-bond acceptors (Lipinski definition) is 3. The van der Waals surface area contributed by atoms with E-state index in [1.165, 1.54) is 0 Å². The number of hydrogen-bond donors (Lipinski definition) is 0. The van der Waals surface area contributed by atoms with Gasteiger partial charge in [-0.15, -0.1) is 5.10 Å². The van der Waals surface area contributed by atoms with Crippen molar-refractivity contribution in [3.05, 3.63) is 40.0 Å². The summed E-state index contributed by atoms with van der Waals surface area (Å²) in [6, 6.07) is 7.40. The second-order valence-electron chi connectivity index (χ2n) is 5.72. The normalized spacial score (nSPS) is 11.2. The molecule has 0 atom stereocenters. The largest absolute Gasteiger partial charge is 0.477 e. The number of rotatable bonds is 9. The molecule has 0 aliphatic rings. The zero-order valence-corrected chi connectivity index (χ0v) is 16.1. The van der Waals surface area contributed by atoms with Crippen LogP contribution in [-0.2, 0) is 0 Å². The Morgan fingerprint density at radius 1 is 1.08 bits per heavy atom. The minimum Gasteiger partial charge on any atom is -0.477 e. The summed E-state index contributed by atoms with van der Waals surface area (Å²) in [4.78, 5) is 2.42. The predicted molar refractivity (Wildman–Crippen MR) is 101 cm³/mol. The molecule has 0 aliphatic carbocycles. The molecule has 1 aromatic carbocycles. The van der Waals surface area contributed by atoms with Crippen molar-refractivity contribution in [2.24, 2.45) is 0 Å². The van der Waals surface area contributed by atoms with Crippen LogP contribution in [0.2, 0.25) is 10.0 Å². The van der Waals surface area contributed by atoms with Gasteiger partial charge in [-0.2, -0.15) is 0 Å². The van der Waals surface area contributed by atoms with E-state index in [9.17, 15) is 0 Å². The molecular weight excluding hydrogens is 345 g/mol. The summed E-state index contributed by atoms with van der Waals surface area (Å²) in [6.45, 7) is 10.4. The second-order valence-corrected chi connectivity index (χ2v) is 6.53. The van der Waals surface area contributed by atoms with E-state index >= 15 is 0 Å². The number of aromatic nitrogens is 2. The average Bonchev–Trinajstić information content (AvgIpc) is 2.94. The Balaban J connectivity index is 1.88. The van der Waals surface area contributed by atoms with E-state index in [2.05, 4.69) is 23.8 Å². The Labute approximate surface area is 154 Å². The fraction of sp³-hybridized carbons (Fsp3) is 0.500. The molecule has 2 aromatic rings. The van der Waals surface area contributed by atoms with Crippen LogP contribution in [0.4, 0.5) is 0 Å². The molecule has 2 rings (SSSR count). The highest BCUT2D eigenvalue weighted by atomic mass is 35.5. The maximum atomic E-state index is 6.08. The lowest BCUT2D eigenvalue weighted by atomic mass is 10.3. The minimum atomic E-state index is 0.517. The maximum absolute atomic E-state index is 6.08. The lowest BCUT2D eigenvalue weighted by Crippen LogP contribution is -2.24. The molecule has 1 heterocycles. The first-order valence-electron chi connectivity index (χ1n) is 8.42. The summed E-state index contributed by atoms with van der Waals surface area (Å²) in [7, 11) is 0. The summed E-state index contributed by atoms with van der Waals surface area (Å²) in [5.74, 6) is 0.640. The maximum Gasteiger partial charge on any atom is 0.233 e. The van der Waals surface area contributed by atoms with Gasteiger partial charge in [0.2, 0.25) is 5.88 Å². The molecule has 0 radical (unpaired) electrons. The molecule has 0 N–H and O–H groups in total. The molecule has 6 heteroatoms. The monoisotopic (exact) mass is 369 g/mol. The van der Waals surface area contributed by atoms with Gasteiger partial charge in [0.05, 0.1) is 22.3 Å². The molecule has 0 fully saturated rings. The van der Waals surface area contributed by atoms with E-state index in [1.807, 2.05) is 23.7 Å². The van der Waals surface area contributed by atoms with Crippen LogP contribution in [0.5, 0.6) is 5.88 Å². The van der Waals surface area contributed by atoms with Gasteiger partial charge in [-0.25, -0.2) is 4.68 Å². The van der Waals surface area contributed by atoms with E-state index in [4.69, 9.17) is 27.9 Å². The highest BCUT2D eigenvalue weighted by molar-refractivity contribution is 6.42. The summed E-state index contributed by atoms with van der Waals surface area (Å²) in [5.41, 5.74) is 1.87. The number of ether oxygens (including phenoxy) is 1. The van der Waals surface area contributed by atoms with Crippen molar-refractivity contribution in [1.29, 1.82) is 0 Å². The highest BCUT2D eigenvalue weighted by Gasteiger charge is 2.09. The van der Waals surface area contributed by atoms with Crippen molar-refractivity contribution >= 4 is 23.2 Å². The zero-order chi connectivity index (χ0) is 17.5. The smallest absolute Gasteiger partial charge is 0.233 e. The standard InChI is InChI=1S/C18H25Cl2N3O/c1-4-22(5-2)10-6-7-11-24-18-12-14(3)23(21-18)15-8-9-16(19)17(20)13-15/h8-9,12-13H,4-7,10-11H2,1-3H3. The van der Waals surface area contributed by atoms with Crippen LogP contribution in [0.1, 0.15) is 32.4 Å². The molecule has 0 unspecified atom stereocenters. The Morgan fingerprint density at radius 2 is 1.83 bits per heavy atom. The Bertz CT molecular complexity index is 654. The molecule has 4 nitrogen and oxygen atoms in total. The Kier molecular flexibility index (Phi) is 7.40. The first-order chi connectivity index (χ1) is 11.5. The molecule has 1 aromatic heterocycles. The third kappa shape index (κ3) is 5.13. The molecular formula is C18H25Cl2N3O. The fourth-order valence-corrected chi connectivity index (χ4v) is 2.84.